The highest BCUT2D eigenvalue weighted by Crippen LogP contribution is 2.25. The molecule has 1 unspecified atom stereocenters. The number of aryl methyl sites for hydroxylation is 1. The first-order valence-electron chi connectivity index (χ1n) is 10.8. The van der Waals surface area contributed by atoms with Gasteiger partial charge < -0.3 is 26.4 Å². The molecule has 1 amide bonds. The molecular formula is C24H28N6O2. The van der Waals surface area contributed by atoms with E-state index in [0.29, 0.717) is 18.1 Å². The van der Waals surface area contributed by atoms with Crippen molar-refractivity contribution in [2.75, 3.05) is 30.0 Å². The van der Waals surface area contributed by atoms with Crippen LogP contribution in [0, 0.1) is 6.92 Å². The van der Waals surface area contributed by atoms with Crippen LogP contribution in [0.2, 0.25) is 0 Å². The smallest absolute Gasteiger partial charge is 0.252 e. The normalized spacial score (nSPS) is 16.0. The van der Waals surface area contributed by atoms with E-state index in [1.165, 1.54) is 0 Å². The summed E-state index contributed by atoms with van der Waals surface area (Å²) in [6.45, 7) is 3.68. The molecule has 166 valence electrons. The van der Waals surface area contributed by atoms with Crippen LogP contribution in [0.3, 0.4) is 0 Å². The number of amides is 1. The maximum absolute atomic E-state index is 11.9. The van der Waals surface area contributed by atoms with Crippen LogP contribution in [0.15, 0.2) is 54.7 Å². The van der Waals surface area contributed by atoms with E-state index in [4.69, 9.17) is 5.73 Å². The van der Waals surface area contributed by atoms with Gasteiger partial charge in [-0.2, -0.15) is 0 Å². The number of hydrogen-bond acceptors (Lipinski definition) is 7. The lowest BCUT2D eigenvalue weighted by molar-refractivity contribution is 0.0955. The summed E-state index contributed by atoms with van der Waals surface area (Å²) in [4.78, 5) is 23.2. The number of nitrogens with zero attached hydrogens (tertiary/aromatic N) is 3. The van der Waals surface area contributed by atoms with Crippen LogP contribution in [0.1, 0.15) is 28.8 Å². The molecule has 0 bridgehead atoms. The number of piperidine rings is 1. The standard InChI is InChI=1S/C24H28N6O2/c1-16-13-26-24(29-22(16)17-4-6-18(7-5-17)23(32)27-15-25)28-19-8-10-20(11-9-19)30-12-2-3-21(31)14-30/h4-11,13,21,31H,2-3,12,14-15,25H2,1H3,(H,27,32)(H,26,28,29). The Kier molecular flexibility index (Phi) is 6.63. The Morgan fingerprint density at radius 2 is 1.94 bits per heavy atom. The highest BCUT2D eigenvalue weighted by Gasteiger charge is 2.17. The molecule has 2 aromatic carbocycles. The number of rotatable bonds is 6. The summed E-state index contributed by atoms with van der Waals surface area (Å²) < 4.78 is 0. The van der Waals surface area contributed by atoms with Crippen LogP contribution in [0.25, 0.3) is 11.3 Å². The summed E-state index contributed by atoms with van der Waals surface area (Å²) in [6, 6.07) is 15.3. The summed E-state index contributed by atoms with van der Waals surface area (Å²) in [5, 5.41) is 15.7. The van der Waals surface area contributed by atoms with Crippen LogP contribution in [0.4, 0.5) is 17.3 Å². The third-order valence-electron chi connectivity index (χ3n) is 5.54. The minimum Gasteiger partial charge on any atom is -0.391 e. The van der Waals surface area contributed by atoms with Crippen molar-refractivity contribution in [3.05, 3.63) is 65.9 Å². The van der Waals surface area contributed by atoms with Crippen molar-refractivity contribution in [3.8, 4) is 11.3 Å². The zero-order chi connectivity index (χ0) is 22.5. The second-order valence-electron chi connectivity index (χ2n) is 7.93. The molecule has 8 nitrogen and oxygen atoms in total. The lowest BCUT2D eigenvalue weighted by Crippen LogP contribution is -2.38. The molecule has 1 aliphatic rings. The van der Waals surface area contributed by atoms with Crippen molar-refractivity contribution >= 4 is 23.2 Å². The van der Waals surface area contributed by atoms with Gasteiger partial charge in [0, 0.05) is 41.8 Å². The second-order valence-corrected chi connectivity index (χ2v) is 7.93. The second kappa shape index (κ2) is 9.76. The highest BCUT2D eigenvalue weighted by atomic mass is 16.3. The van der Waals surface area contributed by atoms with Crippen molar-refractivity contribution in [3.63, 3.8) is 0 Å². The largest absolute Gasteiger partial charge is 0.391 e. The molecule has 1 aromatic heterocycles. The van der Waals surface area contributed by atoms with E-state index < -0.39 is 0 Å². The number of β-amino-alcohol motifs (C(OH)–C–C–N with tert-alkyl or cyclic N) is 1. The van der Waals surface area contributed by atoms with Crippen molar-refractivity contribution in [2.45, 2.75) is 25.9 Å². The molecule has 1 fully saturated rings. The fourth-order valence-corrected chi connectivity index (χ4v) is 3.84. The third-order valence-corrected chi connectivity index (χ3v) is 5.54. The number of carbonyl (C=O) groups excluding carboxylic acids is 1. The molecule has 1 saturated heterocycles. The van der Waals surface area contributed by atoms with E-state index in [1.807, 2.05) is 43.3 Å². The van der Waals surface area contributed by atoms with Crippen LogP contribution in [-0.4, -0.2) is 46.8 Å². The van der Waals surface area contributed by atoms with Gasteiger partial charge in [-0.05, 0) is 61.7 Å². The molecule has 0 radical (unpaired) electrons. The zero-order valence-electron chi connectivity index (χ0n) is 18.1. The van der Waals surface area contributed by atoms with Gasteiger partial charge in [0.15, 0.2) is 0 Å². The molecule has 0 spiro atoms. The fraction of sp³-hybridized carbons (Fsp3) is 0.292. The SMILES string of the molecule is Cc1cnc(Nc2ccc(N3CCCC(O)C3)cc2)nc1-c1ccc(C(=O)NCN)cc1. The lowest BCUT2D eigenvalue weighted by Gasteiger charge is -2.32. The maximum atomic E-state index is 11.9. The predicted molar refractivity (Wildman–Crippen MR) is 126 cm³/mol. The molecule has 1 atom stereocenters. The molecule has 32 heavy (non-hydrogen) atoms. The molecule has 2 heterocycles. The molecule has 0 aliphatic carbocycles. The number of nitrogens with one attached hydrogen (secondary N) is 2. The van der Waals surface area contributed by atoms with Gasteiger partial charge in [-0.1, -0.05) is 12.1 Å². The zero-order valence-corrected chi connectivity index (χ0v) is 18.1. The first-order valence-corrected chi connectivity index (χ1v) is 10.8. The Morgan fingerprint density at radius 1 is 1.19 bits per heavy atom. The molecular weight excluding hydrogens is 404 g/mol. The van der Waals surface area contributed by atoms with Gasteiger partial charge in [0.25, 0.3) is 5.91 Å². The van der Waals surface area contributed by atoms with E-state index in [2.05, 4.69) is 25.5 Å². The monoisotopic (exact) mass is 432 g/mol. The minimum atomic E-state index is -0.259. The quantitative estimate of drug-likeness (QED) is 0.443. The highest BCUT2D eigenvalue weighted by molar-refractivity contribution is 5.94. The number of hydrogen-bond donors (Lipinski definition) is 4. The van der Waals surface area contributed by atoms with E-state index in [-0.39, 0.29) is 18.7 Å². The number of carbonyl (C=O) groups is 1. The number of nitrogens with two attached hydrogens (primary N) is 1. The minimum absolute atomic E-state index is 0.0988. The van der Waals surface area contributed by atoms with Crippen LogP contribution in [-0.2, 0) is 0 Å². The van der Waals surface area contributed by atoms with Crippen LogP contribution < -0.4 is 21.3 Å². The third kappa shape index (κ3) is 5.04. The van der Waals surface area contributed by atoms with Crippen molar-refractivity contribution in [2.24, 2.45) is 5.73 Å². The Morgan fingerprint density at radius 3 is 2.62 bits per heavy atom. The van der Waals surface area contributed by atoms with Gasteiger partial charge >= 0.3 is 0 Å². The van der Waals surface area contributed by atoms with Crippen LogP contribution in [0.5, 0.6) is 0 Å². The number of aliphatic hydroxyl groups is 1. The first kappa shape index (κ1) is 21.7. The number of aliphatic hydroxyl groups excluding tert-OH is 1. The average Bonchev–Trinajstić information content (AvgIpc) is 2.81. The average molecular weight is 433 g/mol. The molecule has 3 aromatic rings. The molecule has 0 saturated carbocycles. The van der Waals surface area contributed by atoms with Crippen molar-refractivity contribution in [1.82, 2.24) is 15.3 Å². The Labute approximate surface area is 187 Å². The number of benzene rings is 2. The van der Waals surface area contributed by atoms with Gasteiger partial charge in [0.2, 0.25) is 5.95 Å². The van der Waals surface area contributed by atoms with E-state index in [0.717, 1.165) is 47.6 Å². The van der Waals surface area contributed by atoms with Gasteiger partial charge in [-0.25, -0.2) is 9.97 Å². The Balaban J connectivity index is 1.48. The van der Waals surface area contributed by atoms with Crippen molar-refractivity contribution < 1.29 is 9.90 Å². The van der Waals surface area contributed by atoms with Gasteiger partial charge in [-0.3, -0.25) is 4.79 Å². The van der Waals surface area contributed by atoms with E-state index >= 15 is 0 Å². The summed E-state index contributed by atoms with van der Waals surface area (Å²) in [6.07, 6.45) is 3.39. The van der Waals surface area contributed by atoms with Gasteiger partial charge in [0.1, 0.15) is 0 Å². The number of anilines is 3. The van der Waals surface area contributed by atoms with Crippen LogP contribution >= 0.6 is 0 Å². The van der Waals surface area contributed by atoms with E-state index in [1.54, 1.807) is 18.3 Å². The molecule has 4 rings (SSSR count). The first-order chi connectivity index (χ1) is 15.5. The van der Waals surface area contributed by atoms with Gasteiger partial charge in [-0.15, -0.1) is 0 Å². The summed E-state index contributed by atoms with van der Waals surface area (Å²) in [7, 11) is 0. The lowest BCUT2D eigenvalue weighted by atomic mass is 10.1. The summed E-state index contributed by atoms with van der Waals surface area (Å²) in [5.41, 5.74) is 10.5. The number of aromatic nitrogens is 2. The Hall–Kier alpha value is -3.49. The van der Waals surface area contributed by atoms with Crippen molar-refractivity contribution in [1.29, 1.82) is 0 Å². The Bertz CT molecular complexity index is 1070. The molecule has 5 N–H and O–H groups in total. The maximum Gasteiger partial charge on any atom is 0.252 e. The predicted octanol–water partition coefficient (Wildman–Crippen LogP) is 2.80. The fourth-order valence-electron chi connectivity index (χ4n) is 3.84. The molecule has 1 aliphatic heterocycles. The van der Waals surface area contributed by atoms with Gasteiger partial charge in [0.05, 0.1) is 18.5 Å². The topological polar surface area (TPSA) is 116 Å². The summed E-state index contributed by atoms with van der Waals surface area (Å²) in [5.74, 6) is 0.292. The molecule has 8 heteroatoms. The summed E-state index contributed by atoms with van der Waals surface area (Å²) >= 11 is 0. The van der Waals surface area contributed by atoms with E-state index in [9.17, 15) is 9.90 Å².